The molecule has 41 heavy (non-hydrogen) atoms. The van der Waals surface area contributed by atoms with E-state index in [0.717, 1.165) is 68.2 Å². The van der Waals surface area contributed by atoms with Crippen molar-refractivity contribution in [3.05, 3.63) is 63.6 Å². The van der Waals surface area contributed by atoms with E-state index >= 15 is 0 Å². The monoisotopic (exact) mass is 595 g/mol. The van der Waals surface area contributed by atoms with Crippen molar-refractivity contribution < 1.29 is 9.53 Å². The minimum atomic E-state index is -0.239. The number of halogens is 2. The van der Waals surface area contributed by atoms with E-state index in [1.807, 2.05) is 12.1 Å². The fourth-order valence-electron chi connectivity index (χ4n) is 6.33. The smallest absolute Gasteiger partial charge is 0.319 e. The minimum absolute atomic E-state index is 0.140. The second kappa shape index (κ2) is 11.7. The molecule has 1 saturated carbocycles. The van der Waals surface area contributed by atoms with Gasteiger partial charge in [0.1, 0.15) is 17.5 Å². The van der Waals surface area contributed by atoms with Gasteiger partial charge in [-0.1, -0.05) is 35.8 Å². The van der Waals surface area contributed by atoms with Crippen molar-refractivity contribution in [2.24, 2.45) is 0 Å². The Morgan fingerprint density at radius 3 is 2.68 bits per heavy atom. The molecule has 3 aliphatic heterocycles. The summed E-state index contributed by atoms with van der Waals surface area (Å²) in [7, 11) is 0. The van der Waals surface area contributed by atoms with Gasteiger partial charge in [-0.2, -0.15) is 9.97 Å². The molecule has 9 nitrogen and oxygen atoms in total. The largest absolute Gasteiger partial charge is 0.455 e. The number of ether oxygens (including phenoxy) is 1. The molecule has 1 atom stereocenters. The van der Waals surface area contributed by atoms with E-state index < -0.39 is 0 Å². The van der Waals surface area contributed by atoms with Gasteiger partial charge in [-0.05, 0) is 63.4 Å². The number of benzene rings is 1. The quantitative estimate of drug-likeness (QED) is 0.329. The zero-order valence-electron chi connectivity index (χ0n) is 23.2. The highest BCUT2D eigenvalue weighted by atomic mass is 35.5. The van der Waals surface area contributed by atoms with Crippen LogP contribution in [0, 0.1) is 6.57 Å². The second-order valence-electron chi connectivity index (χ2n) is 11.4. The lowest BCUT2D eigenvalue weighted by Gasteiger charge is -2.41. The van der Waals surface area contributed by atoms with Crippen LogP contribution in [0.3, 0.4) is 0 Å². The van der Waals surface area contributed by atoms with Crippen LogP contribution in [0.15, 0.2) is 30.9 Å². The van der Waals surface area contributed by atoms with Crippen molar-refractivity contribution in [3.63, 3.8) is 0 Å². The number of piperazine rings is 1. The molecule has 1 amide bonds. The van der Waals surface area contributed by atoms with Crippen LogP contribution in [-0.2, 0) is 17.8 Å². The maximum atomic E-state index is 12.5. The molecule has 0 spiro atoms. The summed E-state index contributed by atoms with van der Waals surface area (Å²) in [5.74, 6) is 0.707. The Morgan fingerprint density at radius 2 is 1.95 bits per heavy atom. The normalized spacial score (nSPS) is 21.8. The molecule has 2 aromatic rings. The average molecular weight is 597 g/mol. The summed E-state index contributed by atoms with van der Waals surface area (Å²) in [6.45, 7) is 17.4. The van der Waals surface area contributed by atoms with Gasteiger partial charge in [0.15, 0.2) is 0 Å². The van der Waals surface area contributed by atoms with Gasteiger partial charge in [0, 0.05) is 38.3 Å². The Balaban J connectivity index is 1.32. The van der Waals surface area contributed by atoms with Gasteiger partial charge in [-0.15, -0.1) is 0 Å². The summed E-state index contributed by atoms with van der Waals surface area (Å²) >= 11 is 13.0. The van der Waals surface area contributed by atoms with Crippen molar-refractivity contribution in [1.82, 2.24) is 19.8 Å². The van der Waals surface area contributed by atoms with Crippen LogP contribution >= 0.6 is 23.2 Å². The Hall–Kier alpha value is -3.06. The summed E-state index contributed by atoms with van der Waals surface area (Å²) < 4.78 is 6.62. The number of hydrogen-bond acceptors (Lipinski definition) is 7. The van der Waals surface area contributed by atoms with Crippen LogP contribution in [0.5, 0.6) is 6.01 Å². The summed E-state index contributed by atoms with van der Waals surface area (Å²) in [6, 6.07) is 5.86. The van der Waals surface area contributed by atoms with Gasteiger partial charge in [0.2, 0.25) is 12.5 Å². The molecule has 11 heteroatoms. The van der Waals surface area contributed by atoms with E-state index in [1.54, 1.807) is 11.0 Å². The molecule has 216 valence electrons. The lowest BCUT2D eigenvalue weighted by atomic mass is 10.0. The Bertz CT molecular complexity index is 1370. The molecular formula is C30H35Cl2N7O2. The molecule has 0 bridgehead atoms. The second-order valence-corrected chi connectivity index (χ2v) is 12.2. The SMILES string of the molecule is [C-]#[N+]CC1CN(c2nc(OC3(CN4CCCC4)CC3)nc3c2CCN(c2cccc(Cl)c2Cl)C3)CCN1C(=O)C=C. The van der Waals surface area contributed by atoms with E-state index in [1.165, 1.54) is 18.9 Å². The van der Waals surface area contributed by atoms with Crippen LogP contribution in [0.25, 0.3) is 4.85 Å². The number of hydrogen-bond donors (Lipinski definition) is 0. The fourth-order valence-corrected chi connectivity index (χ4v) is 6.74. The maximum absolute atomic E-state index is 12.5. The fraction of sp³-hybridized carbons (Fsp3) is 0.533. The average Bonchev–Trinajstić information content (AvgIpc) is 3.52. The zero-order chi connectivity index (χ0) is 28.6. The Morgan fingerprint density at radius 1 is 1.15 bits per heavy atom. The van der Waals surface area contributed by atoms with Crippen molar-refractivity contribution in [1.29, 1.82) is 0 Å². The summed E-state index contributed by atoms with van der Waals surface area (Å²) in [6.07, 6.45) is 6.53. The molecule has 0 N–H and O–H groups in total. The molecule has 3 fully saturated rings. The number of likely N-dealkylation sites (tertiary alicyclic amines) is 1. The van der Waals surface area contributed by atoms with Crippen LogP contribution in [0.4, 0.5) is 11.5 Å². The lowest BCUT2D eigenvalue weighted by Crippen LogP contribution is -2.56. The maximum Gasteiger partial charge on any atom is 0.319 e. The number of fused-ring (bicyclic) bond motifs is 1. The number of rotatable bonds is 8. The van der Waals surface area contributed by atoms with Gasteiger partial charge >= 0.3 is 6.01 Å². The number of aromatic nitrogens is 2. The minimum Gasteiger partial charge on any atom is -0.455 e. The van der Waals surface area contributed by atoms with Crippen LogP contribution in [0.1, 0.15) is 36.9 Å². The third-order valence-corrected chi connectivity index (χ3v) is 9.47. The van der Waals surface area contributed by atoms with E-state index in [0.29, 0.717) is 42.2 Å². The molecule has 2 saturated heterocycles. The topological polar surface area (TPSA) is 69.4 Å². The first-order valence-electron chi connectivity index (χ1n) is 14.4. The summed E-state index contributed by atoms with van der Waals surface area (Å²) in [5.41, 5.74) is 2.65. The molecule has 1 aromatic carbocycles. The predicted molar refractivity (Wildman–Crippen MR) is 161 cm³/mol. The van der Waals surface area contributed by atoms with Crippen LogP contribution < -0.4 is 14.5 Å². The third kappa shape index (κ3) is 5.83. The Labute approximate surface area is 251 Å². The molecule has 4 aliphatic rings. The first kappa shape index (κ1) is 28.1. The summed E-state index contributed by atoms with van der Waals surface area (Å²) in [5, 5.41) is 1.06. The molecule has 4 heterocycles. The van der Waals surface area contributed by atoms with Gasteiger partial charge < -0.3 is 24.3 Å². The van der Waals surface area contributed by atoms with Crippen molar-refractivity contribution in [2.75, 3.05) is 62.2 Å². The van der Waals surface area contributed by atoms with Gasteiger partial charge in [0.25, 0.3) is 0 Å². The van der Waals surface area contributed by atoms with Gasteiger partial charge in [-0.25, -0.2) is 6.57 Å². The number of carbonyl (C=O) groups is 1. The highest BCUT2D eigenvalue weighted by Gasteiger charge is 2.48. The van der Waals surface area contributed by atoms with E-state index in [4.69, 9.17) is 44.5 Å². The number of anilines is 2. The van der Waals surface area contributed by atoms with E-state index in [2.05, 4.69) is 26.1 Å². The van der Waals surface area contributed by atoms with Gasteiger partial charge in [0.05, 0.1) is 28.0 Å². The van der Waals surface area contributed by atoms with Crippen LogP contribution in [-0.4, -0.2) is 89.7 Å². The molecular weight excluding hydrogens is 561 g/mol. The van der Waals surface area contributed by atoms with E-state index in [9.17, 15) is 4.79 Å². The summed E-state index contributed by atoms with van der Waals surface area (Å²) in [4.78, 5) is 34.8. The third-order valence-electron chi connectivity index (χ3n) is 8.66. The highest BCUT2D eigenvalue weighted by Crippen LogP contribution is 2.42. The number of amides is 1. The Kier molecular flexibility index (Phi) is 7.99. The molecule has 6 rings (SSSR count). The van der Waals surface area contributed by atoms with Crippen molar-refractivity contribution >= 4 is 40.6 Å². The van der Waals surface area contributed by atoms with E-state index in [-0.39, 0.29) is 24.1 Å². The number of carbonyl (C=O) groups excluding carboxylic acids is 1. The molecule has 0 radical (unpaired) electrons. The zero-order valence-corrected chi connectivity index (χ0v) is 24.7. The molecule has 1 aliphatic carbocycles. The predicted octanol–water partition coefficient (Wildman–Crippen LogP) is 4.48. The van der Waals surface area contributed by atoms with Gasteiger partial charge in [-0.3, -0.25) is 9.69 Å². The standard InChI is InChI=1S/C30H35Cl2N7O2/c1-3-26(40)39-16-15-38(18-21(39)17-33-2)28-22-9-14-37(25-8-6-7-23(31)27(25)32)19-24(22)34-29(35-28)41-30(10-11-30)20-36-12-4-5-13-36/h3,6-8,21H,1,4-5,9-20H2. The first-order valence-corrected chi connectivity index (χ1v) is 15.2. The van der Waals surface area contributed by atoms with Crippen LogP contribution in [0.2, 0.25) is 10.0 Å². The van der Waals surface area contributed by atoms with Crippen molar-refractivity contribution in [2.45, 2.75) is 50.3 Å². The highest BCUT2D eigenvalue weighted by molar-refractivity contribution is 6.43. The molecule has 1 unspecified atom stereocenters. The lowest BCUT2D eigenvalue weighted by molar-refractivity contribution is -0.128. The first-order chi connectivity index (χ1) is 19.9. The molecule has 1 aromatic heterocycles. The number of nitrogens with zero attached hydrogens (tertiary/aromatic N) is 7. The van der Waals surface area contributed by atoms with Crippen molar-refractivity contribution in [3.8, 4) is 6.01 Å².